The van der Waals surface area contributed by atoms with E-state index in [1.165, 1.54) is 27.8 Å². The van der Waals surface area contributed by atoms with Crippen molar-refractivity contribution in [2.24, 2.45) is 5.41 Å². The number of halogens is 1. The minimum absolute atomic E-state index is 0.00560. The Morgan fingerprint density at radius 1 is 1.08 bits per heavy atom. The molecular weight excluding hydrogens is 473 g/mol. The van der Waals surface area contributed by atoms with Gasteiger partial charge in [0.15, 0.2) is 0 Å². The van der Waals surface area contributed by atoms with E-state index in [1.807, 2.05) is 25.7 Å². The van der Waals surface area contributed by atoms with Crippen LogP contribution in [-0.2, 0) is 11.3 Å². The maximum Gasteiger partial charge on any atom is 0.255 e. The highest BCUT2D eigenvalue weighted by molar-refractivity contribution is 6.00. The number of piperidine rings is 1. The number of benzene rings is 1. The molecule has 2 heterocycles. The van der Waals surface area contributed by atoms with Crippen LogP contribution in [0, 0.1) is 11.2 Å². The monoisotopic (exact) mass is 511 g/mol. The summed E-state index contributed by atoms with van der Waals surface area (Å²) < 4.78 is 16.0. The lowest BCUT2D eigenvalue weighted by molar-refractivity contribution is -0.145. The molecule has 1 N–H and O–H groups in total. The fourth-order valence-electron chi connectivity index (χ4n) is 5.55. The van der Waals surface area contributed by atoms with Crippen LogP contribution in [0.1, 0.15) is 69.7 Å². The predicted octanol–water partition coefficient (Wildman–Crippen LogP) is 4.07. The van der Waals surface area contributed by atoms with E-state index in [2.05, 4.69) is 0 Å². The Kier molecular flexibility index (Phi) is 7.60. The number of amides is 2. The van der Waals surface area contributed by atoms with Crippen molar-refractivity contribution in [1.29, 1.82) is 0 Å². The number of carbonyl (C=O) groups excluding carboxylic acids is 2. The zero-order valence-corrected chi connectivity index (χ0v) is 22.3. The summed E-state index contributed by atoms with van der Waals surface area (Å²) >= 11 is 0. The van der Waals surface area contributed by atoms with Gasteiger partial charge in [0.25, 0.3) is 11.5 Å². The van der Waals surface area contributed by atoms with Crippen LogP contribution < -0.4 is 5.56 Å². The molecule has 37 heavy (non-hydrogen) atoms. The van der Waals surface area contributed by atoms with E-state index in [0.717, 1.165) is 25.7 Å². The summed E-state index contributed by atoms with van der Waals surface area (Å²) in [4.78, 5) is 43.0. The minimum atomic E-state index is -1.19. The average Bonchev–Trinajstić information content (AvgIpc) is 3.32. The molecule has 1 aromatic carbocycles. The van der Waals surface area contributed by atoms with Crippen LogP contribution in [0.3, 0.4) is 0 Å². The van der Waals surface area contributed by atoms with E-state index in [-0.39, 0.29) is 46.5 Å². The van der Waals surface area contributed by atoms with E-state index in [4.69, 9.17) is 0 Å². The molecule has 1 aromatic heterocycles. The van der Waals surface area contributed by atoms with Crippen LogP contribution in [0.5, 0.6) is 0 Å². The first-order chi connectivity index (χ1) is 17.4. The molecule has 0 unspecified atom stereocenters. The Labute approximate surface area is 217 Å². The largest absolute Gasteiger partial charge is 0.388 e. The Morgan fingerprint density at radius 2 is 1.70 bits per heavy atom. The lowest BCUT2D eigenvalue weighted by atomic mass is 9.84. The molecule has 200 valence electrons. The standard InChI is InChI=1S/C29H38FN3O4/c1-20(2)31(4)26(35)23-18-33(25(34)17-22(23)21-9-5-6-10-24(21)30)19-29(37)13-15-32(16-14-29)27(36)28(3)11-7-8-12-28/h5-6,9-10,17-18,20,37H,7-8,11-16,19H2,1-4H3. The van der Waals surface area contributed by atoms with E-state index < -0.39 is 17.0 Å². The van der Waals surface area contributed by atoms with Crippen molar-refractivity contribution in [2.75, 3.05) is 20.1 Å². The van der Waals surface area contributed by atoms with Gasteiger partial charge in [0.2, 0.25) is 5.91 Å². The molecule has 1 aliphatic heterocycles. The third kappa shape index (κ3) is 5.49. The molecule has 2 aromatic rings. The zero-order valence-electron chi connectivity index (χ0n) is 22.3. The number of pyridine rings is 1. The van der Waals surface area contributed by atoms with Crippen molar-refractivity contribution < 1.29 is 19.1 Å². The summed E-state index contributed by atoms with van der Waals surface area (Å²) in [5.41, 5.74) is -1.32. The van der Waals surface area contributed by atoms with Crippen LogP contribution >= 0.6 is 0 Å². The molecule has 0 spiro atoms. The number of nitrogens with zero attached hydrogens (tertiary/aromatic N) is 3. The molecule has 2 aliphatic rings. The fraction of sp³-hybridized carbons (Fsp3) is 0.552. The number of aliphatic hydroxyl groups is 1. The number of hydrogen-bond acceptors (Lipinski definition) is 4. The van der Waals surface area contributed by atoms with Gasteiger partial charge in [-0.1, -0.05) is 38.0 Å². The molecule has 1 saturated carbocycles. The van der Waals surface area contributed by atoms with Crippen molar-refractivity contribution in [1.82, 2.24) is 14.4 Å². The van der Waals surface area contributed by atoms with Gasteiger partial charge in [-0.2, -0.15) is 0 Å². The van der Waals surface area contributed by atoms with Crippen LogP contribution in [0.15, 0.2) is 41.3 Å². The van der Waals surface area contributed by atoms with Crippen molar-refractivity contribution >= 4 is 11.8 Å². The van der Waals surface area contributed by atoms with Crippen molar-refractivity contribution in [3.63, 3.8) is 0 Å². The van der Waals surface area contributed by atoms with Crippen molar-refractivity contribution in [2.45, 2.75) is 77.5 Å². The second-order valence-electron chi connectivity index (χ2n) is 11.3. The highest BCUT2D eigenvalue weighted by Gasteiger charge is 2.42. The van der Waals surface area contributed by atoms with Gasteiger partial charge in [0.05, 0.1) is 17.7 Å². The first-order valence-corrected chi connectivity index (χ1v) is 13.2. The molecular formula is C29H38FN3O4. The third-order valence-corrected chi connectivity index (χ3v) is 8.28. The van der Waals surface area contributed by atoms with Crippen LogP contribution in [0.25, 0.3) is 11.1 Å². The molecule has 2 fully saturated rings. The smallest absolute Gasteiger partial charge is 0.255 e. The van der Waals surface area contributed by atoms with Gasteiger partial charge >= 0.3 is 0 Å². The second kappa shape index (κ2) is 10.4. The lowest BCUT2D eigenvalue weighted by Gasteiger charge is -2.41. The average molecular weight is 512 g/mol. The molecule has 0 bridgehead atoms. The maximum atomic E-state index is 14.7. The summed E-state index contributed by atoms with van der Waals surface area (Å²) in [6.07, 6.45) is 6.06. The topological polar surface area (TPSA) is 82.8 Å². The summed E-state index contributed by atoms with van der Waals surface area (Å²) in [7, 11) is 1.67. The van der Waals surface area contributed by atoms with Gasteiger partial charge in [-0.3, -0.25) is 14.4 Å². The minimum Gasteiger partial charge on any atom is -0.388 e. The molecule has 1 saturated heterocycles. The molecule has 7 nitrogen and oxygen atoms in total. The SMILES string of the molecule is CC(C)N(C)C(=O)c1cn(CC2(O)CCN(C(=O)C3(C)CCCC3)CC2)c(=O)cc1-c1ccccc1F. The van der Waals surface area contributed by atoms with Gasteiger partial charge in [-0.05, 0) is 45.6 Å². The number of carbonyl (C=O) groups is 2. The van der Waals surface area contributed by atoms with E-state index in [0.29, 0.717) is 25.9 Å². The van der Waals surface area contributed by atoms with Crippen LogP contribution in [0.2, 0.25) is 0 Å². The number of aromatic nitrogens is 1. The summed E-state index contributed by atoms with van der Waals surface area (Å²) in [5.74, 6) is -0.699. The van der Waals surface area contributed by atoms with E-state index >= 15 is 0 Å². The van der Waals surface area contributed by atoms with Crippen LogP contribution in [-0.4, -0.2) is 63.1 Å². The predicted molar refractivity (Wildman–Crippen MR) is 141 cm³/mol. The molecule has 1 aliphatic carbocycles. The van der Waals surface area contributed by atoms with Gasteiger partial charge in [-0.15, -0.1) is 0 Å². The molecule has 0 radical (unpaired) electrons. The molecule has 0 atom stereocenters. The number of hydrogen-bond donors (Lipinski definition) is 1. The summed E-state index contributed by atoms with van der Waals surface area (Å²) in [6, 6.07) is 7.24. The van der Waals surface area contributed by atoms with E-state index in [1.54, 1.807) is 25.2 Å². The van der Waals surface area contributed by atoms with Crippen molar-refractivity contribution in [3.8, 4) is 11.1 Å². The first-order valence-electron chi connectivity index (χ1n) is 13.2. The summed E-state index contributed by atoms with van der Waals surface area (Å²) in [5, 5.41) is 11.4. The highest BCUT2D eigenvalue weighted by Crippen LogP contribution is 2.40. The zero-order chi connectivity index (χ0) is 27.0. The summed E-state index contributed by atoms with van der Waals surface area (Å²) in [6.45, 7) is 6.63. The first kappa shape index (κ1) is 27.0. The second-order valence-corrected chi connectivity index (χ2v) is 11.3. The van der Waals surface area contributed by atoms with E-state index in [9.17, 15) is 23.9 Å². The Bertz CT molecular complexity index is 1220. The quantitative estimate of drug-likeness (QED) is 0.634. The van der Waals surface area contributed by atoms with Crippen LogP contribution in [0.4, 0.5) is 4.39 Å². The van der Waals surface area contributed by atoms with Crippen molar-refractivity contribution in [3.05, 3.63) is 58.3 Å². The van der Waals surface area contributed by atoms with Gasteiger partial charge in [0, 0.05) is 55.0 Å². The number of likely N-dealkylation sites (tertiary alicyclic amines) is 1. The Hall–Kier alpha value is -3.00. The fourth-order valence-corrected chi connectivity index (χ4v) is 5.55. The van der Waals surface area contributed by atoms with Gasteiger partial charge < -0.3 is 19.5 Å². The maximum absolute atomic E-state index is 14.7. The van der Waals surface area contributed by atoms with Gasteiger partial charge in [0.1, 0.15) is 5.82 Å². The Morgan fingerprint density at radius 3 is 2.30 bits per heavy atom. The number of rotatable bonds is 6. The lowest BCUT2D eigenvalue weighted by Crippen LogP contribution is -2.52. The Balaban J connectivity index is 1.61. The molecule has 4 rings (SSSR count). The molecule has 2 amide bonds. The molecule has 8 heteroatoms. The third-order valence-electron chi connectivity index (χ3n) is 8.28. The van der Waals surface area contributed by atoms with Gasteiger partial charge in [-0.25, -0.2) is 4.39 Å². The highest BCUT2D eigenvalue weighted by atomic mass is 19.1. The normalized spacial score (nSPS) is 18.7.